The van der Waals surface area contributed by atoms with Crippen LogP contribution in [-0.4, -0.2) is 17.1 Å². The molecule has 1 atom stereocenters. The van der Waals surface area contributed by atoms with Gasteiger partial charge >= 0.3 is 0 Å². The fraction of sp³-hybridized carbons (Fsp3) is 0.500. The predicted octanol–water partition coefficient (Wildman–Crippen LogP) is 0.772. The lowest BCUT2D eigenvalue weighted by Gasteiger charge is -1.91. The van der Waals surface area contributed by atoms with Crippen molar-refractivity contribution < 1.29 is 5.11 Å². The van der Waals surface area contributed by atoms with Gasteiger partial charge in [0.1, 0.15) is 0 Å². The lowest BCUT2D eigenvalue weighted by atomic mass is 10.4. The van der Waals surface area contributed by atoms with E-state index < -0.39 is 6.10 Å². The maximum Gasteiger partial charge on any atom is 0.0853 e. The van der Waals surface area contributed by atoms with Gasteiger partial charge in [-0.05, 0) is 0 Å². The third kappa shape index (κ3) is 2.24. The van der Waals surface area contributed by atoms with Gasteiger partial charge in [-0.3, -0.25) is 0 Å². The molecule has 0 saturated carbocycles. The fourth-order valence-corrected chi connectivity index (χ4v) is 0.189. The normalized spacial score (nSPS) is 13.7. The van der Waals surface area contributed by atoms with E-state index in [1.165, 1.54) is 6.08 Å². The molecule has 0 aromatic carbocycles. The van der Waals surface area contributed by atoms with Gasteiger partial charge in [0.2, 0.25) is 0 Å². The summed E-state index contributed by atoms with van der Waals surface area (Å²) in [5.41, 5.74) is 0. The number of aliphatic hydroxyl groups excluding tert-OH is 1. The summed E-state index contributed by atoms with van der Waals surface area (Å²) in [6, 6.07) is 0. The van der Waals surface area contributed by atoms with E-state index in [0.29, 0.717) is 0 Å². The minimum atomic E-state index is -0.535. The molecule has 0 aromatic heterocycles. The van der Waals surface area contributed by atoms with Crippen LogP contribution in [0.2, 0.25) is 0 Å². The van der Waals surface area contributed by atoms with Crippen LogP contribution < -0.4 is 0 Å². The molecule has 0 aliphatic heterocycles. The smallest absolute Gasteiger partial charge is 0.0853 e. The molecule has 6 heavy (non-hydrogen) atoms. The van der Waals surface area contributed by atoms with Gasteiger partial charge in [0.25, 0.3) is 0 Å². The second-order valence-corrected chi connectivity index (χ2v) is 1.27. The molecule has 2 heteroatoms. The van der Waals surface area contributed by atoms with Crippen LogP contribution in [-0.2, 0) is 0 Å². The van der Waals surface area contributed by atoms with E-state index in [-0.39, 0.29) is 5.88 Å². The first kappa shape index (κ1) is 5.99. The van der Waals surface area contributed by atoms with Gasteiger partial charge in [-0.15, -0.1) is 18.2 Å². The highest BCUT2D eigenvalue weighted by Crippen LogP contribution is 1.84. The van der Waals surface area contributed by atoms with Crippen LogP contribution in [0.4, 0.5) is 0 Å². The van der Waals surface area contributed by atoms with E-state index in [1.54, 1.807) is 0 Å². The molecular weight excluding hydrogens is 99.5 g/mol. The topological polar surface area (TPSA) is 20.2 Å². The van der Waals surface area contributed by atoms with Gasteiger partial charge in [-0.25, -0.2) is 0 Å². The summed E-state index contributed by atoms with van der Waals surface area (Å²) in [4.78, 5) is 0. The molecule has 0 bridgehead atoms. The molecule has 36 valence electrons. The van der Waals surface area contributed by atoms with Gasteiger partial charge in [0, 0.05) is 0 Å². The van der Waals surface area contributed by atoms with Gasteiger partial charge in [-0.2, -0.15) is 0 Å². The van der Waals surface area contributed by atoms with E-state index in [1.807, 2.05) is 0 Å². The second-order valence-electron chi connectivity index (χ2n) is 0.957. The zero-order chi connectivity index (χ0) is 4.99. The molecule has 0 aromatic rings. The quantitative estimate of drug-likeness (QED) is 0.407. The number of aliphatic hydroxyl groups is 1. The monoisotopic (exact) mass is 106 g/mol. The van der Waals surface area contributed by atoms with Crippen LogP contribution in [0.1, 0.15) is 0 Å². The highest BCUT2D eigenvalue weighted by atomic mass is 35.5. The largest absolute Gasteiger partial charge is 0.388 e. The molecule has 0 fully saturated rings. The first-order chi connectivity index (χ1) is 2.81. The van der Waals surface area contributed by atoms with Crippen molar-refractivity contribution in [3.63, 3.8) is 0 Å². The molecule has 0 spiro atoms. The molecule has 1 N–H and O–H groups in total. The van der Waals surface area contributed by atoms with E-state index in [4.69, 9.17) is 16.7 Å². The zero-order valence-corrected chi connectivity index (χ0v) is 4.15. The molecule has 0 aliphatic carbocycles. The van der Waals surface area contributed by atoms with E-state index >= 15 is 0 Å². The Hall–Kier alpha value is -0.0100. The minimum absolute atomic E-state index is 0.240. The molecule has 1 nitrogen and oxygen atoms in total. The number of hydrogen-bond donors (Lipinski definition) is 1. The average molecular weight is 107 g/mol. The summed E-state index contributed by atoms with van der Waals surface area (Å²) in [7, 11) is 0. The fourth-order valence-electron chi connectivity index (χ4n) is 0.0630. The summed E-state index contributed by atoms with van der Waals surface area (Å²) >= 11 is 5.13. The van der Waals surface area contributed by atoms with E-state index in [2.05, 4.69) is 6.58 Å². The Morgan fingerprint density at radius 3 is 2.50 bits per heavy atom. The number of halogens is 1. The molecule has 0 aliphatic rings. The minimum Gasteiger partial charge on any atom is -0.388 e. The van der Waals surface area contributed by atoms with Gasteiger partial charge < -0.3 is 5.11 Å². The first-order valence-electron chi connectivity index (χ1n) is 1.68. The highest BCUT2D eigenvalue weighted by molar-refractivity contribution is 6.18. The van der Waals surface area contributed by atoms with E-state index in [9.17, 15) is 0 Å². The third-order valence-corrected chi connectivity index (χ3v) is 0.746. The molecule has 0 radical (unpaired) electrons. The maximum atomic E-state index is 8.42. The van der Waals surface area contributed by atoms with E-state index in [0.717, 1.165) is 0 Å². The number of alkyl halides is 1. The van der Waals surface area contributed by atoms with Crippen molar-refractivity contribution in [2.45, 2.75) is 6.10 Å². The lowest BCUT2D eigenvalue weighted by molar-refractivity contribution is 0.247. The van der Waals surface area contributed by atoms with Crippen molar-refractivity contribution in [2.75, 3.05) is 5.88 Å². The van der Waals surface area contributed by atoms with Crippen molar-refractivity contribution in [3.05, 3.63) is 12.7 Å². The van der Waals surface area contributed by atoms with Crippen molar-refractivity contribution >= 4 is 11.6 Å². The summed E-state index contributed by atoms with van der Waals surface area (Å²) in [5.74, 6) is 0.240. The SMILES string of the molecule is C=CC(O)CCl. The Morgan fingerprint density at radius 1 is 2.00 bits per heavy atom. The van der Waals surface area contributed by atoms with Crippen LogP contribution >= 0.6 is 11.6 Å². The van der Waals surface area contributed by atoms with Crippen LogP contribution in [0.25, 0.3) is 0 Å². The average Bonchev–Trinajstić information content (AvgIpc) is 1.65. The van der Waals surface area contributed by atoms with Crippen LogP contribution in [0, 0.1) is 0 Å². The Kier molecular flexibility index (Phi) is 3.19. The number of hydrogen-bond acceptors (Lipinski definition) is 1. The van der Waals surface area contributed by atoms with Gasteiger partial charge in [0.15, 0.2) is 0 Å². The Bertz CT molecular complexity index is 44.8. The van der Waals surface area contributed by atoms with Crippen LogP contribution in [0.3, 0.4) is 0 Å². The summed E-state index contributed by atoms with van der Waals surface area (Å²) in [5, 5.41) is 8.42. The lowest BCUT2D eigenvalue weighted by Crippen LogP contribution is -2.00. The standard InChI is InChI=1S/C4H7ClO/c1-2-4(6)3-5/h2,4,6H,1,3H2. The Balaban J connectivity index is 2.96. The van der Waals surface area contributed by atoms with Gasteiger partial charge in [0.05, 0.1) is 12.0 Å². The summed E-state index contributed by atoms with van der Waals surface area (Å²) < 4.78 is 0. The van der Waals surface area contributed by atoms with Crippen molar-refractivity contribution in [2.24, 2.45) is 0 Å². The van der Waals surface area contributed by atoms with Crippen molar-refractivity contribution in [1.29, 1.82) is 0 Å². The number of rotatable bonds is 2. The predicted molar refractivity (Wildman–Crippen MR) is 26.9 cm³/mol. The highest BCUT2D eigenvalue weighted by Gasteiger charge is 1.88. The van der Waals surface area contributed by atoms with Crippen molar-refractivity contribution in [3.8, 4) is 0 Å². The molecule has 0 saturated heterocycles. The Labute approximate surface area is 42.2 Å². The molecule has 1 unspecified atom stereocenters. The summed E-state index contributed by atoms with van der Waals surface area (Å²) in [6.45, 7) is 3.30. The molecular formula is C4H7ClO. The van der Waals surface area contributed by atoms with Crippen molar-refractivity contribution in [1.82, 2.24) is 0 Å². The Morgan fingerprint density at radius 2 is 2.50 bits per heavy atom. The van der Waals surface area contributed by atoms with Crippen LogP contribution in [0.15, 0.2) is 12.7 Å². The third-order valence-electron chi connectivity index (χ3n) is 0.430. The molecule has 0 amide bonds. The first-order valence-corrected chi connectivity index (χ1v) is 2.21. The van der Waals surface area contributed by atoms with Gasteiger partial charge in [-0.1, -0.05) is 6.08 Å². The molecule has 0 rings (SSSR count). The summed E-state index contributed by atoms with van der Waals surface area (Å²) in [6.07, 6.45) is 0.860. The molecule has 0 heterocycles. The second kappa shape index (κ2) is 3.19. The maximum absolute atomic E-state index is 8.42. The van der Waals surface area contributed by atoms with Crippen LogP contribution in [0.5, 0.6) is 0 Å². The zero-order valence-electron chi connectivity index (χ0n) is 3.39.